The van der Waals surface area contributed by atoms with Crippen molar-refractivity contribution in [3.63, 3.8) is 0 Å². The van der Waals surface area contributed by atoms with Crippen LogP contribution in [-0.2, 0) is 5.75 Å². The molecule has 0 aliphatic heterocycles. The highest BCUT2D eigenvalue weighted by Crippen LogP contribution is 2.30. The number of hydrogen-bond acceptors (Lipinski definition) is 7. The minimum absolute atomic E-state index is 0.0959. The largest absolute Gasteiger partial charge is 0.366 e. The number of fused-ring (bicyclic) bond motifs is 3. The van der Waals surface area contributed by atoms with Gasteiger partial charge >= 0.3 is 0 Å². The number of carbonyl (C=O) groups excluding carboxylic acids is 1. The molecular formula is C18H14N6O3S. The number of nitrogens with zero attached hydrogens (tertiary/aromatic N) is 5. The molecule has 0 spiro atoms. The first-order valence-corrected chi connectivity index (χ1v) is 9.24. The number of nitro benzene ring substituents is 1. The second-order valence-corrected chi connectivity index (χ2v) is 7.00. The number of rotatable bonds is 5. The Morgan fingerprint density at radius 3 is 2.79 bits per heavy atom. The van der Waals surface area contributed by atoms with Crippen LogP contribution in [0.2, 0.25) is 0 Å². The number of aromatic nitrogens is 4. The monoisotopic (exact) mass is 394 g/mol. The second kappa shape index (κ2) is 6.89. The molecule has 9 nitrogen and oxygen atoms in total. The molecule has 1 amide bonds. The van der Waals surface area contributed by atoms with Crippen molar-refractivity contribution < 1.29 is 9.72 Å². The lowest BCUT2D eigenvalue weighted by atomic mass is 10.1. The third-order valence-corrected chi connectivity index (χ3v) is 5.16. The van der Waals surface area contributed by atoms with Gasteiger partial charge in [-0.2, -0.15) is 4.52 Å². The Kier molecular flexibility index (Phi) is 4.40. The Hall–Kier alpha value is -3.53. The van der Waals surface area contributed by atoms with Crippen molar-refractivity contribution in [1.82, 2.24) is 19.6 Å². The number of amides is 1. The van der Waals surface area contributed by atoms with Gasteiger partial charge in [-0.05, 0) is 25.1 Å². The molecule has 2 N–H and O–H groups in total. The molecule has 0 unspecified atom stereocenters. The van der Waals surface area contributed by atoms with Crippen LogP contribution >= 0.6 is 11.8 Å². The highest BCUT2D eigenvalue weighted by atomic mass is 32.2. The molecular weight excluding hydrogens is 380 g/mol. The summed E-state index contributed by atoms with van der Waals surface area (Å²) in [6.45, 7) is 1.80. The molecule has 0 atom stereocenters. The maximum atomic E-state index is 11.4. The Balaban J connectivity index is 1.75. The van der Waals surface area contributed by atoms with Crippen molar-refractivity contribution in [1.29, 1.82) is 0 Å². The second-order valence-electron chi connectivity index (χ2n) is 6.06. The van der Waals surface area contributed by atoms with Gasteiger partial charge in [0.15, 0.2) is 10.8 Å². The number of benzene rings is 2. The predicted molar refractivity (Wildman–Crippen MR) is 104 cm³/mol. The summed E-state index contributed by atoms with van der Waals surface area (Å²) >= 11 is 1.31. The lowest BCUT2D eigenvalue weighted by Gasteiger charge is -2.07. The van der Waals surface area contributed by atoms with Crippen molar-refractivity contribution in [3.8, 4) is 0 Å². The van der Waals surface area contributed by atoms with Crippen LogP contribution in [0.3, 0.4) is 0 Å². The zero-order valence-electron chi connectivity index (χ0n) is 14.7. The summed E-state index contributed by atoms with van der Waals surface area (Å²) in [5.74, 6) is 0.171. The van der Waals surface area contributed by atoms with Gasteiger partial charge in [-0.1, -0.05) is 30.0 Å². The molecule has 0 fully saturated rings. The normalized spacial score (nSPS) is 11.2. The lowest BCUT2D eigenvalue weighted by molar-refractivity contribution is -0.385. The smallest absolute Gasteiger partial charge is 0.274 e. The Morgan fingerprint density at radius 2 is 2.04 bits per heavy atom. The number of aryl methyl sites for hydroxylation is 1. The lowest BCUT2D eigenvalue weighted by Crippen LogP contribution is -2.11. The minimum atomic E-state index is -0.710. The van der Waals surface area contributed by atoms with Crippen molar-refractivity contribution in [3.05, 3.63) is 69.5 Å². The molecule has 0 aliphatic rings. The first-order chi connectivity index (χ1) is 13.4. The van der Waals surface area contributed by atoms with Crippen LogP contribution in [0.4, 0.5) is 5.69 Å². The fourth-order valence-corrected chi connectivity index (χ4v) is 3.82. The van der Waals surface area contributed by atoms with E-state index in [2.05, 4.69) is 15.1 Å². The molecule has 2 aromatic carbocycles. The van der Waals surface area contributed by atoms with Gasteiger partial charge < -0.3 is 5.73 Å². The number of nitro groups is 1. The standard InChI is InChI=1S/C18H14N6O3S/c1-10-20-17-13-4-2-3-5-14(13)21-18(23(17)22-10)28-9-12-7-6-11(16(19)25)8-15(12)24(26)27/h2-8H,9H2,1H3,(H2,19,25). The average Bonchev–Trinajstić information content (AvgIpc) is 3.07. The van der Waals surface area contributed by atoms with E-state index in [1.54, 1.807) is 11.4 Å². The summed E-state index contributed by atoms with van der Waals surface area (Å²) in [6.07, 6.45) is 0. The van der Waals surface area contributed by atoms with Gasteiger partial charge in [-0.25, -0.2) is 9.97 Å². The molecule has 0 saturated heterocycles. The summed E-state index contributed by atoms with van der Waals surface area (Å²) in [5, 5.41) is 17.2. The van der Waals surface area contributed by atoms with E-state index in [0.29, 0.717) is 22.2 Å². The Labute approximate surface area is 162 Å². The van der Waals surface area contributed by atoms with Gasteiger partial charge in [0.05, 0.1) is 10.4 Å². The zero-order chi connectivity index (χ0) is 19.8. The summed E-state index contributed by atoms with van der Waals surface area (Å²) in [7, 11) is 0. The Bertz CT molecular complexity index is 1250. The molecule has 28 heavy (non-hydrogen) atoms. The number of thioether (sulfide) groups is 1. The van der Waals surface area contributed by atoms with E-state index in [4.69, 9.17) is 5.73 Å². The molecule has 2 aromatic heterocycles. The maximum Gasteiger partial charge on any atom is 0.274 e. The first-order valence-electron chi connectivity index (χ1n) is 8.26. The molecule has 140 valence electrons. The van der Waals surface area contributed by atoms with E-state index in [-0.39, 0.29) is 17.0 Å². The molecule has 4 rings (SSSR count). The van der Waals surface area contributed by atoms with Crippen LogP contribution < -0.4 is 5.73 Å². The van der Waals surface area contributed by atoms with Crippen molar-refractivity contribution in [2.45, 2.75) is 17.8 Å². The van der Waals surface area contributed by atoms with Crippen LogP contribution in [0, 0.1) is 17.0 Å². The van der Waals surface area contributed by atoms with Crippen LogP contribution in [0.15, 0.2) is 47.6 Å². The first kappa shape index (κ1) is 17.9. The van der Waals surface area contributed by atoms with Gasteiger partial charge in [-0.3, -0.25) is 14.9 Å². The SMILES string of the molecule is Cc1nc2c3ccccc3nc(SCc3ccc(C(N)=O)cc3[N+](=O)[O-])n2n1. The average molecular weight is 394 g/mol. The van der Waals surface area contributed by atoms with E-state index in [9.17, 15) is 14.9 Å². The number of carbonyl (C=O) groups is 1. The molecule has 10 heteroatoms. The highest BCUT2D eigenvalue weighted by Gasteiger charge is 2.18. The fraction of sp³-hybridized carbons (Fsp3) is 0.111. The van der Waals surface area contributed by atoms with Gasteiger partial charge in [0.2, 0.25) is 5.91 Å². The third kappa shape index (κ3) is 3.14. The predicted octanol–water partition coefficient (Wildman–Crippen LogP) is 2.89. The molecule has 0 radical (unpaired) electrons. The van der Waals surface area contributed by atoms with Gasteiger partial charge in [-0.15, -0.1) is 5.10 Å². The quantitative estimate of drug-likeness (QED) is 0.238. The van der Waals surface area contributed by atoms with Crippen LogP contribution in [0.1, 0.15) is 21.7 Å². The van der Waals surface area contributed by atoms with Crippen molar-refractivity contribution >= 4 is 39.9 Å². The van der Waals surface area contributed by atoms with Gasteiger partial charge in [0, 0.05) is 28.3 Å². The minimum Gasteiger partial charge on any atom is -0.366 e. The molecule has 4 aromatic rings. The number of para-hydroxylation sites is 1. The molecule has 0 aliphatic carbocycles. The van der Waals surface area contributed by atoms with E-state index < -0.39 is 10.8 Å². The summed E-state index contributed by atoms with van der Waals surface area (Å²) < 4.78 is 1.64. The number of primary amides is 1. The Morgan fingerprint density at radius 1 is 1.25 bits per heavy atom. The van der Waals surface area contributed by atoms with Crippen molar-refractivity contribution in [2.75, 3.05) is 0 Å². The molecule has 0 saturated carbocycles. The molecule has 2 heterocycles. The number of nitrogens with two attached hydrogens (primary N) is 1. The van der Waals surface area contributed by atoms with Crippen molar-refractivity contribution in [2.24, 2.45) is 5.73 Å². The topological polar surface area (TPSA) is 129 Å². The van der Waals surface area contributed by atoms with Crippen LogP contribution in [0.5, 0.6) is 0 Å². The van der Waals surface area contributed by atoms with Crippen LogP contribution in [0.25, 0.3) is 16.6 Å². The zero-order valence-corrected chi connectivity index (χ0v) is 15.5. The third-order valence-electron chi connectivity index (χ3n) is 4.18. The van der Waals surface area contributed by atoms with E-state index in [1.807, 2.05) is 24.3 Å². The maximum absolute atomic E-state index is 11.4. The summed E-state index contributed by atoms with van der Waals surface area (Å²) in [5.41, 5.74) is 7.07. The summed E-state index contributed by atoms with van der Waals surface area (Å²) in [6, 6.07) is 11.8. The van der Waals surface area contributed by atoms with Gasteiger partial charge in [0.1, 0.15) is 5.82 Å². The summed E-state index contributed by atoms with van der Waals surface area (Å²) in [4.78, 5) is 31.3. The van der Waals surface area contributed by atoms with E-state index in [0.717, 1.165) is 10.9 Å². The van der Waals surface area contributed by atoms with E-state index >= 15 is 0 Å². The van der Waals surface area contributed by atoms with E-state index in [1.165, 1.54) is 30.0 Å². The fourth-order valence-electron chi connectivity index (χ4n) is 2.88. The van der Waals surface area contributed by atoms with Gasteiger partial charge in [0.25, 0.3) is 5.69 Å². The number of hydrogen-bond donors (Lipinski definition) is 1. The van der Waals surface area contributed by atoms with Crippen LogP contribution in [-0.4, -0.2) is 30.4 Å². The highest BCUT2D eigenvalue weighted by molar-refractivity contribution is 7.98. The molecule has 0 bridgehead atoms.